The highest BCUT2D eigenvalue weighted by atomic mass is 19.4. The van der Waals surface area contributed by atoms with E-state index in [0.29, 0.717) is 35.2 Å². The Balaban J connectivity index is 2.02. The molecule has 0 atom stereocenters. The van der Waals surface area contributed by atoms with E-state index < -0.39 is 17.7 Å². The average molecular weight is 382 g/mol. The molecule has 2 rings (SSSR count). The van der Waals surface area contributed by atoms with Gasteiger partial charge in [-0.15, -0.1) is 0 Å². The van der Waals surface area contributed by atoms with Crippen molar-refractivity contribution in [3.8, 4) is 0 Å². The minimum Gasteiger partial charge on any atom is -0.465 e. The van der Waals surface area contributed by atoms with Gasteiger partial charge in [-0.2, -0.15) is 13.2 Å². The summed E-state index contributed by atoms with van der Waals surface area (Å²) < 4.78 is 42.4. The van der Waals surface area contributed by atoms with E-state index in [2.05, 4.69) is 10.3 Å². The van der Waals surface area contributed by atoms with Gasteiger partial charge in [-0.05, 0) is 43.0 Å². The molecule has 5 nitrogen and oxygen atoms in total. The highest BCUT2D eigenvalue weighted by Crippen LogP contribution is 2.29. The molecule has 0 saturated carbocycles. The van der Waals surface area contributed by atoms with Crippen molar-refractivity contribution in [2.24, 2.45) is 0 Å². The van der Waals surface area contributed by atoms with Gasteiger partial charge in [-0.1, -0.05) is 19.1 Å². The summed E-state index contributed by atoms with van der Waals surface area (Å²) in [6.45, 7) is 3.76. The number of H-pyrrole nitrogens is 1. The molecule has 0 aliphatic heterocycles. The topological polar surface area (TPSA) is 71.2 Å². The number of hydrogen-bond acceptors (Lipinski definition) is 3. The summed E-state index contributed by atoms with van der Waals surface area (Å²) in [4.78, 5) is 27.2. The summed E-state index contributed by atoms with van der Waals surface area (Å²) in [7, 11) is 1.28. The number of aromatic amines is 1. The van der Waals surface area contributed by atoms with E-state index in [-0.39, 0.29) is 18.1 Å². The molecular weight excluding hydrogens is 361 g/mol. The number of hydrogen-bond donors (Lipinski definition) is 2. The zero-order valence-corrected chi connectivity index (χ0v) is 15.3. The van der Waals surface area contributed by atoms with Gasteiger partial charge in [0.2, 0.25) is 0 Å². The van der Waals surface area contributed by atoms with Crippen LogP contribution in [-0.4, -0.2) is 30.5 Å². The van der Waals surface area contributed by atoms with Crippen molar-refractivity contribution >= 4 is 11.9 Å². The molecule has 0 aliphatic rings. The van der Waals surface area contributed by atoms with Gasteiger partial charge in [0.15, 0.2) is 0 Å². The van der Waals surface area contributed by atoms with Gasteiger partial charge in [0.1, 0.15) is 5.69 Å². The fourth-order valence-corrected chi connectivity index (χ4v) is 2.80. The number of carbonyl (C=O) groups is 2. The monoisotopic (exact) mass is 382 g/mol. The number of aromatic nitrogens is 1. The third-order valence-corrected chi connectivity index (χ3v) is 4.28. The molecule has 0 saturated heterocycles. The van der Waals surface area contributed by atoms with Gasteiger partial charge in [-0.3, -0.25) is 4.79 Å². The van der Waals surface area contributed by atoms with Crippen LogP contribution < -0.4 is 5.32 Å². The van der Waals surface area contributed by atoms with Crippen LogP contribution in [0.5, 0.6) is 0 Å². The van der Waals surface area contributed by atoms with Crippen molar-refractivity contribution in [3.63, 3.8) is 0 Å². The Morgan fingerprint density at radius 1 is 1.19 bits per heavy atom. The molecule has 27 heavy (non-hydrogen) atoms. The van der Waals surface area contributed by atoms with Gasteiger partial charge in [0.25, 0.3) is 5.91 Å². The quantitative estimate of drug-likeness (QED) is 0.749. The molecule has 0 bridgehead atoms. The number of nitrogens with one attached hydrogen (secondary N) is 2. The molecule has 1 heterocycles. The maximum absolute atomic E-state index is 12.6. The first kappa shape index (κ1) is 20.5. The predicted octanol–water partition coefficient (Wildman–Crippen LogP) is 3.66. The molecule has 1 aromatic carbocycles. The highest BCUT2D eigenvalue weighted by Gasteiger charge is 2.30. The van der Waals surface area contributed by atoms with E-state index >= 15 is 0 Å². The summed E-state index contributed by atoms with van der Waals surface area (Å²) >= 11 is 0. The van der Waals surface area contributed by atoms with E-state index in [1.54, 1.807) is 6.92 Å². The normalized spacial score (nSPS) is 11.3. The van der Waals surface area contributed by atoms with E-state index in [9.17, 15) is 22.8 Å². The van der Waals surface area contributed by atoms with E-state index in [1.165, 1.54) is 19.2 Å². The summed E-state index contributed by atoms with van der Waals surface area (Å²) in [6, 6.07) is 4.81. The van der Waals surface area contributed by atoms with Crippen LogP contribution in [0, 0.1) is 6.92 Å². The molecule has 0 unspecified atom stereocenters. The number of rotatable bonds is 6. The van der Waals surface area contributed by atoms with Crippen molar-refractivity contribution in [3.05, 3.63) is 57.9 Å². The Morgan fingerprint density at radius 3 is 2.33 bits per heavy atom. The van der Waals surface area contributed by atoms with E-state index in [0.717, 1.165) is 12.1 Å². The van der Waals surface area contributed by atoms with Gasteiger partial charge >= 0.3 is 12.1 Å². The third kappa shape index (κ3) is 4.69. The predicted molar refractivity (Wildman–Crippen MR) is 93.7 cm³/mol. The maximum Gasteiger partial charge on any atom is 0.416 e. The molecule has 0 fully saturated rings. The fraction of sp³-hybridized carbons (Fsp3) is 0.368. The lowest BCUT2D eigenvalue weighted by atomic mass is 10.1. The number of esters is 1. The molecule has 0 radical (unpaired) electrons. The lowest BCUT2D eigenvalue weighted by Gasteiger charge is -2.08. The number of methoxy groups -OCH3 is 1. The lowest BCUT2D eigenvalue weighted by molar-refractivity contribution is -0.137. The number of amides is 1. The van der Waals surface area contributed by atoms with Crippen LogP contribution in [0.3, 0.4) is 0 Å². The molecule has 8 heteroatoms. The summed E-state index contributed by atoms with van der Waals surface area (Å²) in [5, 5.41) is 2.71. The van der Waals surface area contributed by atoms with Crippen LogP contribution in [0.15, 0.2) is 24.3 Å². The molecule has 0 spiro atoms. The Labute approximate surface area is 154 Å². The Morgan fingerprint density at radius 2 is 1.81 bits per heavy atom. The van der Waals surface area contributed by atoms with Crippen LogP contribution in [0.1, 0.15) is 50.2 Å². The van der Waals surface area contributed by atoms with Gasteiger partial charge < -0.3 is 15.0 Å². The summed E-state index contributed by atoms with van der Waals surface area (Å²) in [5.74, 6) is -0.895. The molecule has 1 amide bonds. The van der Waals surface area contributed by atoms with Crippen LogP contribution >= 0.6 is 0 Å². The van der Waals surface area contributed by atoms with Crippen molar-refractivity contribution in [1.29, 1.82) is 0 Å². The molecule has 1 aromatic heterocycles. The Kier molecular flexibility index (Phi) is 6.30. The van der Waals surface area contributed by atoms with Crippen molar-refractivity contribution in [2.45, 2.75) is 32.9 Å². The number of aryl methyl sites for hydroxylation is 1. The summed E-state index contributed by atoms with van der Waals surface area (Å²) in [5.41, 5.74) is 1.72. The van der Waals surface area contributed by atoms with Gasteiger partial charge in [0.05, 0.1) is 18.2 Å². The van der Waals surface area contributed by atoms with E-state index in [1.807, 2.05) is 6.92 Å². The second kappa shape index (κ2) is 8.28. The fourth-order valence-electron chi connectivity index (χ4n) is 2.80. The molecule has 0 aliphatic carbocycles. The first-order chi connectivity index (χ1) is 12.7. The number of carbonyl (C=O) groups excluding carboxylic acids is 2. The second-order valence-corrected chi connectivity index (χ2v) is 6.02. The van der Waals surface area contributed by atoms with Crippen molar-refractivity contribution in [2.75, 3.05) is 13.7 Å². The zero-order valence-electron chi connectivity index (χ0n) is 15.3. The van der Waals surface area contributed by atoms with Crippen LogP contribution in [0.4, 0.5) is 13.2 Å². The van der Waals surface area contributed by atoms with E-state index in [4.69, 9.17) is 4.74 Å². The van der Waals surface area contributed by atoms with Crippen LogP contribution in [0.25, 0.3) is 0 Å². The van der Waals surface area contributed by atoms with Gasteiger partial charge in [-0.25, -0.2) is 4.79 Å². The first-order valence-corrected chi connectivity index (χ1v) is 8.43. The largest absolute Gasteiger partial charge is 0.465 e. The van der Waals surface area contributed by atoms with Crippen LogP contribution in [0.2, 0.25) is 0 Å². The Hall–Kier alpha value is -2.77. The molecule has 2 N–H and O–H groups in total. The zero-order chi connectivity index (χ0) is 20.2. The summed E-state index contributed by atoms with van der Waals surface area (Å²) in [6.07, 6.45) is -3.45. The SMILES string of the molecule is CCc1[nH]c(C(=O)NCCc2ccc(C(F)(F)F)cc2)c(C)c1C(=O)OC. The van der Waals surface area contributed by atoms with Gasteiger partial charge in [0, 0.05) is 12.2 Å². The minimum absolute atomic E-state index is 0.248. The van der Waals surface area contributed by atoms with Crippen molar-refractivity contribution in [1.82, 2.24) is 10.3 Å². The number of ether oxygens (including phenoxy) is 1. The standard InChI is InChI=1S/C19H21F3N2O3/c1-4-14-15(18(26)27-3)11(2)16(24-14)17(25)23-10-9-12-5-7-13(8-6-12)19(20,21)22/h5-8,24H,4,9-10H2,1-3H3,(H,23,25). The van der Waals surface area contributed by atoms with Crippen LogP contribution in [-0.2, 0) is 23.8 Å². The molecular formula is C19H21F3N2O3. The Bertz CT molecular complexity index is 824. The van der Waals surface area contributed by atoms with Crippen molar-refractivity contribution < 1.29 is 27.5 Å². The molecule has 2 aromatic rings. The highest BCUT2D eigenvalue weighted by molar-refractivity contribution is 6.00. The smallest absolute Gasteiger partial charge is 0.416 e. The lowest BCUT2D eigenvalue weighted by Crippen LogP contribution is -2.26. The average Bonchev–Trinajstić information content (AvgIpc) is 2.97. The maximum atomic E-state index is 12.6. The number of alkyl halides is 3. The first-order valence-electron chi connectivity index (χ1n) is 8.43. The number of halogens is 3. The molecule has 146 valence electrons. The second-order valence-electron chi connectivity index (χ2n) is 6.02. The third-order valence-electron chi connectivity index (χ3n) is 4.28. The minimum atomic E-state index is -4.37. The number of benzene rings is 1.